The van der Waals surface area contributed by atoms with Crippen molar-refractivity contribution in [3.8, 4) is 11.1 Å². The number of fused-ring (bicyclic) bond motifs is 3. The third-order valence-corrected chi connectivity index (χ3v) is 2.57. The van der Waals surface area contributed by atoms with Crippen molar-refractivity contribution in [1.82, 2.24) is 9.78 Å². The summed E-state index contributed by atoms with van der Waals surface area (Å²) in [5.41, 5.74) is 5.27. The van der Waals surface area contributed by atoms with E-state index in [1.54, 1.807) is 0 Å². The summed E-state index contributed by atoms with van der Waals surface area (Å²) < 4.78 is 1.89. The largest absolute Gasteiger partial charge is 0.275 e. The second kappa shape index (κ2) is 3.89. The minimum Gasteiger partial charge on any atom is -0.275 e. The minimum absolute atomic E-state index is 0.992. The van der Waals surface area contributed by atoms with Crippen molar-refractivity contribution >= 4 is 0 Å². The highest BCUT2D eigenvalue weighted by atomic mass is 15.3. The van der Waals surface area contributed by atoms with Crippen LogP contribution >= 0.6 is 0 Å². The molecule has 0 unspecified atom stereocenters. The summed E-state index contributed by atoms with van der Waals surface area (Å²) in [4.78, 5) is 0. The topological polar surface area (TPSA) is 17.8 Å². The van der Waals surface area contributed by atoms with Crippen molar-refractivity contribution in [2.24, 2.45) is 7.05 Å². The molecular weight excluding hydrogens is 184 g/mol. The van der Waals surface area contributed by atoms with Crippen molar-refractivity contribution in [2.75, 3.05) is 0 Å². The number of aryl methyl sites for hydroxylation is 1. The molecule has 0 N–H and O–H groups in total. The number of hydrogen-bond acceptors (Lipinski definition) is 1. The van der Waals surface area contributed by atoms with E-state index in [0.29, 0.717) is 0 Å². The van der Waals surface area contributed by atoms with E-state index in [0.717, 1.165) is 6.42 Å². The summed E-state index contributed by atoms with van der Waals surface area (Å²) in [6, 6.07) is 8.52. The van der Waals surface area contributed by atoms with Gasteiger partial charge in [-0.25, -0.2) is 0 Å². The molecule has 1 aromatic heterocycles. The Morgan fingerprint density at radius 1 is 1.13 bits per heavy atom. The molecule has 0 aliphatic heterocycles. The fourth-order valence-corrected chi connectivity index (χ4v) is 2.01. The van der Waals surface area contributed by atoms with Gasteiger partial charge in [-0.1, -0.05) is 38.1 Å². The molecule has 2 nitrogen and oxygen atoms in total. The monoisotopic (exact) mass is 200 g/mol. The van der Waals surface area contributed by atoms with Gasteiger partial charge in [0.1, 0.15) is 0 Å². The van der Waals surface area contributed by atoms with E-state index >= 15 is 0 Å². The van der Waals surface area contributed by atoms with Gasteiger partial charge in [0.05, 0.1) is 5.69 Å². The predicted octanol–water partition coefficient (Wildman–Crippen LogP) is 3.02. The summed E-state index contributed by atoms with van der Waals surface area (Å²) in [6.07, 6.45) is 3.09. The number of aromatic nitrogens is 2. The van der Waals surface area contributed by atoms with Gasteiger partial charge in [-0.15, -0.1) is 0 Å². The van der Waals surface area contributed by atoms with Crippen LogP contribution in [0.15, 0.2) is 30.5 Å². The summed E-state index contributed by atoms with van der Waals surface area (Å²) in [6.45, 7) is 4.00. The summed E-state index contributed by atoms with van der Waals surface area (Å²) in [5, 5.41) is 4.42. The maximum absolute atomic E-state index is 4.42. The van der Waals surface area contributed by atoms with Gasteiger partial charge < -0.3 is 0 Å². The maximum Gasteiger partial charge on any atom is 0.0746 e. The quantitative estimate of drug-likeness (QED) is 0.545. The van der Waals surface area contributed by atoms with Crippen LogP contribution in [-0.4, -0.2) is 9.78 Å². The van der Waals surface area contributed by atoms with Gasteiger partial charge in [-0.05, 0) is 11.1 Å². The predicted molar refractivity (Wildman–Crippen MR) is 62.8 cm³/mol. The van der Waals surface area contributed by atoms with Crippen LogP contribution < -0.4 is 0 Å². The van der Waals surface area contributed by atoms with Gasteiger partial charge in [0.25, 0.3) is 0 Å². The smallest absolute Gasteiger partial charge is 0.0746 e. The molecule has 1 aliphatic rings. The molecule has 2 aromatic rings. The Morgan fingerprint density at radius 2 is 1.87 bits per heavy atom. The molecule has 15 heavy (non-hydrogen) atoms. The average molecular weight is 200 g/mol. The van der Waals surface area contributed by atoms with Crippen LogP contribution in [-0.2, 0) is 13.5 Å². The molecule has 0 amide bonds. The fraction of sp³-hybridized carbons (Fsp3) is 0.308. The normalized spacial score (nSPS) is 11.4. The Labute approximate surface area is 90.6 Å². The first-order chi connectivity index (χ1) is 7.34. The molecule has 3 rings (SSSR count). The van der Waals surface area contributed by atoms with Crippen LogP contribution in [0.25, 0.3) is 11.1 Å². The molecule has 2 heteroatoms. The average Bonchev–Trinajstić information content (AvgIpc) is 2.77. The molecule has 1 aliphatic carbocycles. The first-order valence-corrected chi connectivity index (χ1v) is 5.45. The highest BCUT2D eigenvalue weighted by molar-refractivity contribution is 5.74. The first-order valence-electron chi connectivity index (χ1n) is 5.45. The van der Waals surface area contributed by atoms with Crippen LogP contribution in [0.4, 0.5) is 0 Å². The molecule has 0 atom stereocenters. The lowest BCUT2D eigenvalue weighted by Crippen LogP contribution is -1.91. The molecular formula is C13H16N2. The van der Waals surface area contributed by atoms with Gasteiger partial charge in [-0.3, -0.25) is 4.68 Å². The number of nitrogens with zero attached hydrogens (tertiary/aromatic N) is 2. The van der Waals surface area contributed by atoms with Crippen LogP contribution in [0.1, 0.15) is 25.1 Å². The molecule has 0 spiro atoms. The Bertz CT molecular complexity index is 469. The van der Waals surface area contributed by atoms with E-state index in [9.17, 15) is 0 Å². The van der Waals surface area contributed by atoms with Gasteiger partial charge in [-0.2, -0.15) is 5.10 Å². The van der Waals surface area contributed by atoms with E-state index in [4.69, 9.17) is 0 Å². The van der Waals surface area contributed by atoms with Crippen molar-refractivity contribution < 1.29 is 0 Å². The van der Waals surface area contributed by atoms with Crippen molar-refractivity contribution in [3.05, 3.63) is 41.7 Å². The van der Waals surface area contributed by atoms with E-state index in [1.807, 2.05) is 25.6 Å². The van der Waals surface area contributed by atoms with Crippen LogP contribution in [0.5, 0.6) is 0 Å². The highest BCUT2D eigenvalue weighted by Crippen LogP contribution is 2.34. The highest BCUT2D eigenvalue weighted by Gasteiger charge is 2.20. The van der Waals surface area contributed by atoms with E-state index in [1.165, 1.54) is 22.4 Å². The zero-order valence-electron chi connectivity index (χ0n) is 9.49. The van der Waals surface area contributed by atoms with Crippen molar-refractivity contribution in [3.63, 3.8) is 0 Å². The third kappa shape index (κ3) is 1.56. The lowest BCUT2D eigenvalue weighted by atomic mass is 10.1. The summed E-state index contributed by atoms with van der Waals surface area (Å²) >= 11 is 0. The number of hydrogen-bond donors (Lipinski definition) is 0. The van der Waals surface area contributed by atoms with Gasteiger partial charge in [0, 0.05) is 25.2 Å². The molecule has 1 heterocycles. The lowest BCUT2D eigenvalue weighted by Gasteiger charge is -1.96. The van der Waals surface area contributed by atoms with Crippen molar-refractivity contribution in [1.29, 1.82) is 0 Å². The Hall–Kier alpha value is -1.57. The van der Waals surface area contributed by atoms with Crippen LogP contribution in [0.3, 0.4) is 0 Å². The second-order valence-electron chi connectivity index (χ2n) is 3.50. The zero-order valence-corrected chi connectivity index (χ0v) is 9.49. The third-order valence-electron chi connectivity index (χ3n) is 2.57. The SMILES string of the molecule is CC.Cn1cc2c(n1)Cc1ccccc1-2. The van der Waals surface area contributed by atoms with E-state index in [-0.39, 0.29) is 0 Å². The summed E-state index contributed by atoms with van der Waals surface area (Å²) in [7, 11) is 1.97. The van der Waals surface area contributed by atoms with Gasteiger partial charge in [0.2, 0.25) is 0 Å². The van der Waals surface area contributed by atoms with Gasteiger partial charge >= 0.3 is 0 Å². The molecule has 0 bridgehead atoms. The molecule has 1 aromatic carbocycles. The fourth-order valence-electron chi connectivity index (χ4n) is 2.01. The lowest BCUT2D eigenvalue weighted by molar-refractivity contribution is 0.749. The van der Waals surface area contributed by atoms with E-state index in [2.05, 4.69) is 35.6 Å². The van der Waals surface area contributed by atoms with E-state index < -0.39 is 0 Å². The Balaban J connectivity index is 0.000000404. The maximum atomic E-state index is 4.42. The summed E-state index contributed by atoms with van der Waals surface area (Å²) in [5.74, 6) is 0. The van der Waals surface area contributed by atoms with Crippen molar-refractivity contribution in [2.45, 2.75) is 20.3 Å². The zero-order chi connectivity index (χ0) is 10.8. The standard InChI is InChI=1S/C11H10N2.C2H6/c1-13-7-10-9-5-3-2-4-8(9)6-11(10)12-13;1-2/h2-5,7H,6H2,1H3;1-2H3. The Kier molecular flexibility index (Phi) is 2.58. The molecule has 0 radical (unpaired) electrons. The molecule has 0 saturated carbocycles. The second-order valence-corrected chi connectivity index (χ2v) is 3.50. The number of benzene rings is 1. The molecule has 78 valence electrons. The van der Waals surface area contributed by atoms with Crippen LogP contribution in [0, 0.1) is 0 Å². The first kappa shape index (κ1) is 9.97. The minimum atomic E-state index is 0.992. The molecule has 0 saturated heterocycles. The van der Waals surface area contributed by atoms with Crippen LogP contribution in [0.2, 0.25) is 0 Å². The molecule has 0 fully saturated rings. The number of rotatable bonds is 0. The van der Waals surface area contributed by atoms with Gasteiger partial charge in [0.15, 0.2) is 0 Å². The Morgan fingerprint density at radius 3 is 2.67 bits per heavy atom.